The van der Waals surface area contributed by atoms with Crippen LogP contribution in [0.3, 0.4) is 0 Å². The molecule has 9 nitrogen and oxygen atoms in total. The van der Waals surface area contributed by atoms with E-state index in [-0.39, 0.29) is 11.7 Å². The fourth-order valence-corrected chi connectivity index (χ4v) is 3.73. The number of nitrogens with zero attached hydrogens (tertiary/aromatic N) is 5. The first-order valence-corrected chi connectivity index (χ1v) is 10.8. The first kappa shape index (κ1) is 21.3. The second-order valence-corrected chi connectivity index (χ2v) is 8.56. The topological polar surface area (TPSA) is 110 Å². The average molecular weight is 454 g/mol. The van der Waals surface area contributed by atoms with Gasteiger partial charge in [0.05, 0.1) is 11.7 Å². The van der Waals surface area contributed by atoms with E-state index in [1.807, 2.05) is 20.2 Å². The third-order valence-corrected chi connectivity index (χ3v) is 5.70. The van der Waals surface area contributed by atoms with Crippen LogP contribution in [0.2, 0.25) is 0 Å². The molecule has 0 bridgehead atoms. The molecule has 1 saturated carbocycles. The molecule has 5 rings (SSSR count). The molecule has 0 amide bonds. The zero-order valence-corrected chi connectivity index (χ0v) is 18.4. The fourth-order valence-electron chi connectivity index (χ4n) is 3.73. The maximum Gasteiger partial charge on any atom is 0.224 e. The second kappa shape index (κ2) is 8.74. The number of hydrogen-bond donors (Lipinski definition) is 4. The van der Waals surface area contributed by atoms with Gasteiger partial charge in [0.25, 0.3) is 0 Å². The third kappa shape index (κ3) is 4.77. The second-order valence-electron chi connectivity index (χ2n) is 8.56. The van der Waals surface area contributed by atoms with Crippen LogP contribution in [0.4, 0.5) is 26.4 Å². The van der Waals surface area contributed by atoms with Gasteiger partial charge in [0.1, 0.15) is 17.8 Å². The summed E-state index contributed by atoms with van der Waals surface area (Å²) in [6.07, 6.45) is 3.91. The molecule has 1 aromatic carbocycles. The lowest BCUT2D eigenvalue weighted by atomic mass is 10.1. The van der Waals surface area contributed by atoms with Crippen molar-refractivity contribution in [1.29, 1.82) is 0 Å². The first-order valence-electron chi connectivity index (χ1n) is 10.8. The van der Waals surface area contributed by atoms with Crippen LogP contribution < -0.4 is 10.6 Å². The van der Waals surface area contributed by atoms with Crippen LogP contribution in [-0.2, 0) is 13.0 Å². The summed E-state index contributed by atoms with van der Waals surface area (Å²) in [6, 6.07) is 4.70. The average Bonchev–Trinajstić information content (AvgIpc) is 3.15. The Hall–Kier alpha value is -3.60. The van der Waals surface area contributed by atoms with Gasteiger partial charge in [-0.3, -0.25) is 10.2 Å². The predicted molar refractivity (Wildman–Crippen MR) is 122 cm³/mol. The molecule has 3 heterocycles. The molecular weight excluding hydrogens is 428 g/mol. The zero-order chi connectivity index (χ0) is 22.9. The summed E-state index contributed by atoms with van der Waals surface area (Å²) in [5.41, 5.74) is 3.09. The van der Waals surface area contributed by atoms with Gasteiger partial charge in [-0.15, -0.1) is 0 Å². The van der Waals surface area contributed by atoms with E-state index in [1.54, 1.807) is 12.4 Å². The van der Waals surface area contributed by atoms with Crippen molar-refractivity contribution in [3.8, 4) is 0 Å². The summed E-state index contributed by atoms with van der Waals surface area (Å²) in [5.74, 6) is 1.15. The monoisotopic (exact) mass is 453 g/mol. The molecule has 0 radical (unpaired) electrons. The molecule has 172 valence electrons. The zero-order valence-electron chi connectivity index (χ0n) is 18.4. The molecule has 11 heteroatoms. The molecule has 0 unspecified atom stereocenters. The number of alkyl halides is 1. The smallest absolute Gasteiger partial charge is 0.224 e. The first-order chi connectivity index (χ1) is 16.0. The number of halogens is 2. The van der Waals surface area contributed by atoms with Gasteiger partial charge >= 0.3 is 0 Å². The van der Waals surface area contributed by atoms with Crippen LogP contribution in [-0.4, -0.2) is 62.1 Å². The highest BCUT2D eigenvalue weighted by Gasteiger charge is 2.40. The molecule has 2 atom stereocenters. The van der Waals surface area contributed by atoms with Crippen LogP contribution >= 0.6 is 0 Å². The lowest BCUT2D eigenvalue weighted by Gasteiger charge is -2.14. The molecule has 3 aromatic heterocycles. The van der Waals surface area contributed by atoms with Gasteiger partial charge in [0.2, 0.25) is 5.95 Å². The molecular formula is C22H25F2N9. The van der Waals surface area contributed by atoms with Crippen molar-refractivity contribution >= 4 is 28.5 Å². The summed E-state index contributed by atoms with van der Waals surface area (Å²) in [4.78, 5) is 11.2. The number of nitrogens with one attached hydrogen (secondary N) is 4. The number of hydrogen-bond acceptors (Lipinski definition) is 7. The fraction of sp³-hybridized carbons (Fsp3) is 0.364. The van der Waals surface area contributed by atoms with Crippen LogP contribution in [0, 0.1) is 5.82 Å². The number of fused-ring (bicyclic) bond motifs is 1. The summed E-state index contributed by atoms with van der Waals surface area (Å²) in [7, 11) is 4.00. The molecule has 4 aromatic rings. The Morgan fingerprint density at radius 3 is 2.79 bits per heavy atom. The normalized spacial score (nSPS) is 17.6. The van der Waals surface area contributed by atoms with Gasteiger partial charge in [0.15, 0.2) is 5.82 Å². The quantitative estimate of drug-likeness (QED) is 0.307. The van der Waals surface area contributed by atoms with Gasteiger partial charge in [-0.1, -0.05) is 0 Å². The Morgan fingerprint density at radius 1 is 1.15 bits per heavy atom. The molecule has 1 aliphatic rings. The minimum atomic E-state index is -0.798. The number of aromatic nitrogens is 6. The number of H-pyrrole nitrogens is 2. The Labute approximate surface area is 189 Å². The van der Waals surface area contributed by atoms with E-state index in [9.17, 15) is 8.78 Å². The molecule has 1 fully saturated rings. The van der Waals surface area contributed by atoms with Crippen molar-refractivity contribution in [3.05, 3.63) is 53.2 Å². The Balaban J connectivity index is 1.36. The summed E-state index contributed by atoms with van der Waals surface area (Å²) in [6.45, 7) is 1.15. The number of anilines is 3. The van der Waals surface area contributed by atoms with Crippen LogP contribution in [0.5, 0.6) is 0 Å². The van der Waals surface area contributed by atoms with Crippen LogP contribution in [0.1, 0.15) is 29.2 Å². The van der Waals surface area contributed by atoms with E-state index < -0.39 is 6.17 Å². The third-order valence-electron chi connectivity index (χ3n) is 5.70. The number of aromatic amines is 2. The van der Waals surface area contributed by atoms with E-state index in [4.69, 9.17) is 0 Å². The molecule has 4 N–H and O–H groups in total. The van der Waals surface area contributed by atoms with Crippen LogP contribution in [0.15, 0.2) is 30.6 Å². The van der Waals surface area contributed by atoms with Crippen molar-refractivity contribution < 1.29 is 8.78 Å². The van der Waals surface area contributed by atoms with Crippen molar-refractivity contribution in [2.24, 2.45) is 0 Å². The van der Waals surface area contributed by atoms with Crippen molar-refractivity contribution in [1.82, 2.24) is 35.3 Å². The lowest BCUT2D eigenvalue weighted by Crippen LogP contribution is -2.16. The van der Waals surface area contributed by atoms with Crippen molar-refractivity contribution in [2.75, 3.05) is 31.3 Å². The summed E-state index contributed by atoms with van der Waals surface area (Å²) in [5, 5.41) is 21.2. The lowest BCUT2D eigenvalue weighted by molar-refractivity contribution is 0.413. The van der Waals surface area contributed by atoms with Gasteiger partial charge in [-0.05, 0) is 44.6 Å². The van der Waals surface area contributed by atoms with E-state index in [2.05, 4.69) is 45.9 Å². The van der Waals surface area contributed by atoms with E-state index >= 15 is 0 Å². The van der Waals surface area contributed by atoms with E-state index in [0.29, 0.717) is 36.1 Å². The van der Waals surface area contributed by atoms with E-state index in [0.717, 1.165) is 35.2 Å². The number of likely N-dealkylation sites (N-methyl/N-ethyl adjacent to an activating group) is 1. The Kier molecular flexibility index (Phi) is 5.63. The molecule has 33 heavy (non-hydrogen) atoms. The Bertz CT molecular complexity index is 1270. The molecule has 0 saturated heterocycles. The minimum absolute atomic E-state index is 0.102. The molecule has 0 aliphatic heterocycles. The SMILES string of the molecule is CN(C)CCc1cnc(NCc2cc(F)cc3[nH]ncc23)nc1Nc1cc([C@@H]2C[C@@H]2F)[nH]n1. The van der Waals surface area contributed by atoms with Crippen molar-refractivity contribution in [3.63, 3.8) is 0 Å². The standard InChI is InChI=1S/C22H25F2N9/c1-33(2)4-3-12-9-25-22(26-10-13-5-14(23)6-18-16(13)11-27-30-18)29-21(12)28-20-8-19(31-32-20)15-7-17(15)24/h5-6,8-9,11,15,17H,3-4,7,10H2,1-2H3,(H,27,30)(H3,25,26,28,29,31,32)/t15-,17+/m1/s1. The maximum absolute atomic E-state index is 13.9. The van der Waals surface area contributed by atoms with Gasteiger partial charge in [0, 0.05) is 47.9 Å². The minimum Gasteiger partial charge on any atom is -0.350 e. The molecule has 1 aliphatic carbocycles. The van der Waals surface area contributed by atoms with Gasteiger partial charge in [-0.2, -0.15) is 15.2 Å². The highest BCUT2D eigenvalue weighted by atomic mass is 19.1. The largest absolute Gasteiger partial charge is 0.350 e. The summed E-state index contributed by atoms with van der Waals surface area (Å²) < 4.78 is 27.3. The van der Waals surface area contributed by atoms with Gasteiger partial charge < -0.3 is 15.5 Å². The van der Waals surface area contributed by atoms with E-state index in [1.165, 1.54) is 12.1 Å². The van der Waals surface area contributed by atoms with Crippen molar-refractivity contribution in [2.45, 2.75) is 31.5 Å². The number of benzene rings is 1. The maximum atomic E-state index is 13.9. The number of rotatable bonds is 9. The highest BCUT2D eigenvalue weighted by molar-refractivity contribution is 5.81. The predicted octanol–water partition coefficient (Wildman–Crippen LogP) is 3.50. The van der Waals surface area contributed by atoms with Crippen LogP contribution in [0.25, 0.3) is 10.9 Å². The summed E-state index contributed by atoms with van der Waals surface area (Å²) >= 11 is 0. The van der Waals surface area contributed by atoms with Gasteiger partial charge in [-0.25, -0.2) is 13.8 Å². The Morgan fingerprint density at radius 2 is 2.00 bits per heavy atom. The molecule has 0 spiro atoms. The highest BCUT2D eigenvalue weighted by Crippen LogP contribution is 2.43.